The van der Waals surface area contributed by atoms with Crippen LogP contribution in [0, 0.1) is 18.3 Å². The second kappa shape index (κ2) is 7.11. The topological polar surface area (TPSA) is 116 Å². The summed E-state index contributed by atoms with van der Waals surface area (Å²) in [5.74, 6) is -0.370. The molecular weight excluding hydrogens is 430 g/mol. The molecule has 3 aromatic heterocycles. The van der Waals surface area contributed by atoms with Gasteiger partial charge in [0.2, 0.25) is 5.88 Å². The van der Waals surface area contributed by atoms with Crippen molar-refractivity contribution in [1.29, 1.82) is 5.26 Å². The Hall–Kier alpha value is -4.35. The predicted octanol–water partition coefficient (Wildman–Crippen LogP) is 2.41. The number of fused-ring (bicyclic) bond motifs is 3. The number of hydrogen-bond donors (Lipinski definition) is 2. The van der Waals surface area contributed by atoms with Gasteiger partial charge in [0.05, 0.1) is 22.3 Å². The Labute approximate surface area is 184 Å². The molecule has 2 aromatic carbocycles. The van der Waals surface area contributed by atoms with Crippen LogP contribution in [0.2, 0.25) is 5.02 Å². The van der Waals surface area contributed by atoms with E-state index < -0.39 is 11.1 Å². The zero-order chi connectivity index (χ0) is 22.6. The summed E-state index contributed by atoms with van der Waals surface area (Å²) in [6.45, 7) is 1.62. The van der Waals surface area contributed by atoms with Crippen LogP contribution in [0.25, 0.3) is 28.4 Å². The number of H-pyrrole nitrogens is 1. The van der Waals surface area contributed by atoms with Crippen molar-refractivity contribution in [2.24, 2.45) is 0 Å². The first-order valence-corrected chi connectivity index (χ1v) is 9.94. The average Bonchev–Trinajstić information content (AvgIpc) is 3.30. The minimum absolute atomic E-state index is 0.104. The molecule has 0 radical (unpaired) electrons. The van der Waals surface area contributed by atoms with E-state index in [9.17, 15) is 20.0 Å². The summed E-state index contributed by atoms with van der Waals surface area (Å²) in [6.07, 6.45) is 1.30. The summed E-state index contributed by atoms with van der Waals surface area (Å²) in [4.78, 5) is 30.5. The SMILES string of the molecule is Cc1c(C#N)c2nc3ccccc3n2c(=O)c1=Cc1c(O)n(-c2ccc(Cl)cc2)[nH]c1=O. The maximum Gasteiger partial charge on any atom is 0.275 e. The Morgan fingerprint density at radius 2 is 1.88 bits per heavy atom. The first-order chi connectivity index (χ1) is 15.4. The number of rotatable bonds is 2. The minimum Gasteiger partial charge on any atom is -0.493 e. The van der Waals surface area contributed by atoms with E-state index in [1.165, 1.54) is 15.2 Å². The van der Waals surface area contributed by atoms with Gasteiger partial charge in [0, 0.05) is 10.2 Å². The smallest absolute Gasteiger partial charge is 0.275 e. The van der Waals surface area contributed by atoms with Crippen LogP contribution in [-0.2, 0) is 0 Å². The first kappa shape index (κ1) is 19.6. The van der Waals surface area contributed by atoms with E-state index in [0.29, 0.717) is 27.3 Å². The van der Waals surface area contributed by atoms with Crippen LogP contribution >= 0.6 is 11.6 Å². The lowest BCUT2D eigenvalue weighted by atomic mass is 10.1. The van der Waals surface area contributed by atoms with Crippen LogP contribution in [-0.4, -0.2) is 24.3 Å². The molecule has 0 bridgehead atoms. The number of aromatic hydroxyl groups is 1. The molecule has 156 valence electrons. The number of pyridine rings is 1. The predicted molar refractivity (Wildman–Crippen MR) is 120 cm³/mol. The van der Waals surface area contributed by atoms with Crippen molar-refractivity contribution in [1.82, 2.24) is 19.2 Å². The number of benzene rings is 2. The van der Waals surface area contributed by atoms with E-state index in [1.54, 1.807) is 55.5 Å². The average molecular weight is 444 g/mol. The Kier molecular flexibility index (Phi) is 4.36. The Balaban J connectivity index is 1.85. The van der Waals surface area contributed by atoms with Crippen LogP contribution < -0.4 is 16.3 Å². The maximum atomic E-state index is 13.4. The highest BCUT2D eigenvalue weighted by atomic mass is 35.5. The van der Waals surface area contributed by atoms with Crippen molar-refractivity contribution < 1.29 is 5.11 Å². The van der Waals surface area contributed by atoms with Gasteiger partial charge in [-0.05, 0) is 55.0 Å². The standard InChI is InChI=1S/C23H14ClN5O3/c1-12-15(10-16-21(30)27-29(23(16)32)14-8-6-13(24)7-9-14)22(31)28-19-5-3-2-4-18(19)26-20(28)17(12)11-25/h2-10,32H,1H3,(H,27,30). The number of nitrogens with one attached hydrogen (secondary N) is 1. The summed E-state index contributed by atoms with van der Waals surface area (Å²) in [6, 6.07) is 15.7. The summed E-state index contributed by atoms with van der Waals surface area (Å²) in [7, 11) is 0. The largest absolute Gasteiger partial charge is 0.493 e. The molecule has 32 heavy (non-hydrogen) atoms. The van der Waals surface area contributed by atoms with Gasteiger partial charge in [0.1, 0.15) is 11.6 Å². The number of aromatic nitrogens is 4. The third kappa shape index (κ3) is 2.80. The molecule has 0 aliphatic heterocycles. The number of nitrogens with zero attached hydrogens (tertiary/aromatic N) is 4. The van der Waals surface area contributed by atoms with E-state index in [-0.39, 0.29) is 27.9 Å². The molecule has 0 saturated carbocycles. The van der Waals surface area contributed by atoms with Crippen LogP contribution in [0.1, 0.15) is 16.7 Å². The van der Waals surface area contributed by atoms with Crippen molar-refractivity contribution in [3.05, 3.63) is 96.2 Å². The van der Waals surface area contributed by atoms with Crippen molar-refractivity contribution in [2.45, 2.75) is 6.92 Å². The van der Waals surface area contributed by atoms with Crippen molar-refractivity contribution in [3.8, 4) is 17.6 Å². The molecule has 3 heterocycles. The number of nitriles is 1. The highest BCUT2D eigenvalue weighted by Gasteiger charge is 2.18. The molecule has 2 N–H and O–H groups in total. The van der Waals surface area contributed by atoms with Gasteiger partial charge in [-0.1, -0.05) is 23.7 Å². The van der Waals surface area contributed by atoms with Gasteiger partial charge in [-0.15, -0.1) is 0 Å². The molecule has 0 aliphatic carbocycles. The third-order valence-electron chi connectivity index (χ3n) is 5.39. The molecule has 0 saturated heterocycles. The molecule has 8 nitrogen and oxygen atoms in total. The van der Waals surface area contributed by atoms with Gasteiger partial charge in [0.25, 0.3) is 11.1 Å². The summed E-state index contributed by atoms with van der Waals surface area (Å²) < 4.78 is 2.55. The number of hydrogen-bond acceptors (Lipinski definition) is 5. The quantitative estimate of drug-likeness (QED) is 0.434. The molecule has 5 rings (SSSR count). The van der Waals surface area contributed by atoms with Crippen molar-refractivity contribution in [3.63, 3.8) is 0 Å². The lowest BCUT2D eigenvalue weighted by Crippen LogP contribution is -2.34. The van der Waals surface area contributed by atoms with E-state index >= 15 is 0 Å². The van der Waals surface area contributed by atoms with Crippen LogP contribution in [0.4, 0.5) is 0 Å². The van der Waals surface area contributed by atoms with Gasteiger partial charge in [0.15, 0.2) is 5.65 Å². The number of para-hydroxylation sites is 2. The second-order valence-electron chi connectivity index (χ2n) is 7.22. The molecule has 9 heteroatoms. The van der Waals surface area contributed by atoms with Gasteiger partial charge in [-0.2, -0.15) is 5.26 Å². The fourth-order valence-corrected chi connectivity index (χ4v) is 3.90. The fraction of sp³-hybridized carbons (Fsp3) is 0.0435. The third-order valence-corrected chi connectivity index (χ3v) is 5.64. The normalized spacial score (nSPS) is 12.0. The fourth-order valence-electron chi connectivity index (χ4n) is 3.77. The summed E-state index contributed by atoms with van der Waals surface area (Å²) in [5, 5.41) is 23.7. The molecule has 0 unspecified atom stereocenters. The zero-order valence-electron chi connectivity index (χ0n) is 16.6. The van der Waals surface area contributed by atoms with Crippen molar-refractivity contribution in [2.75, 3.05) is 0 Å². The van der Waals surface area contributed by atoms with E-state index in [1.807, 2.05) is 0 Å². The molecular formula is C23H14ClN5O3. The number of halogens is 1. The summed E-state index contributed by atoms with van der Waals surface area (Å²) in [5.41, 5.74) is 1.32. The minimum atomic E-state index is -0.592. The second-order valence-corrected chi connectivity index (χ2v) is 7.66. The zero-order valence-corrected chi connectivity index (χ0v) is 17.4. The first-order valence-electron chi connectivity index (χ1n) is 9.56. The van der Waals surface area contributed by atoms with Gasteiger partial charge in [-0.3, -0.25) is 19.1 Å². The molecule has 0 atom stereocenters. The lowest BCUT2D eigenvalue weighted by molar-refractivity contribution is 0.432. The molecule has 0 spiro atoms. The molecule has 0 amide bonds. The Bertz CT molecular complexity index is 1760. The van der Waals surface area contributed by atoms with Crippen LogP contribution in [0.15, 0.2) is 58.1 Å². The monoisotopic (exact) mass is 443 g/mol. The highest BCUT2D eigenvalue weighted by Crippen LogP contribution is 2.21. The van der Waals surface area contributed by atoms with Crippen molar-refractivity contribution >= 4 is 34.4 Å². The lowest BCUT2D eigenvalue weighted by Gasteiger charge is -2.04. The Morgan fingerprint density at radius 1 is 1.16 bits per heavy atom. The number of imidazole rings is 1. The van der Waals surface area contributed by atoms with Gasteiger partial charge in [-0.25, -0.2) is 9.67 Å². The van der Waals surface area contributed by atoms with E-state index in [2.05, 4.69) is 16.2 Å². The van der Waals surface area contributed by atoms with E-state index in [4.69, 9.17) is 11.6 Å². The van der Waals surface area contributed by atoms with E-state index in [0.717, 1.165) is 0 Å². The Morgan fingerprint density at radius 3 is 2.59 bits per heavy atom. The maximum absolute atomic E-state index is 13.4. The molecule has 5 aromatic rings. The molecule has 0 aliphatic rings. The van der Waals surface area contributed by atoms with Crippen LogP contribution in [0.5, 0.6) is 5.88 Å². The number of aromatic amines is 1. The van der Waals surface area contributed by atoms with Gasteiger partial charge >= 0.3 is 0 Å². The summed E-state index contributed by atoms with van der Waals surface area (Å²) >= 11 is 5.91. The van der Waals surface area contributed by atoms with Gasteiger partial charge < -0.3 is 5.11 Å². The van der Waals surface area contributed by atoms with Crippen LogP contribution in [0.3, 0.4) is 0 Å². The molecule has 0 fully saturated rings. The highest BCUT2D eigenvalue weighted by molar-refractivity contribution is 6.30.